The Balaban J connectivity index is 1.69. The van der Waals surface area contributed by atoms with Crippen molar-refractivity contribution in [2.75, 3.05) is 20.6 Å². The Morgan fingerprint density at radius 2 is 1.81 bits per heavy atom. The SMILES string of the molecule is C[NH+](C)[C@@H](CNC(=O)Cn1cnc2ccccc2c1=O)c1ccccc1. The molecule has 26 heavy (non-hydrogen) atoms. The van der Waals surface area contributed by atoms with E-state index in [4.69, 9.17) is 0 Å². The normalized spacial score (nSPS) is 12.3. The molecule has 1 atom stereocenters. The van der Waals surface area contributed by atoms with Gasteiger partial charge in [0.1, 0.15) is 12.6 Å². The van der Waals surface area contributed by atoms with Gasteiger partial charge in [-0.05, 0) is 12.1 Å². The maximum absolute atomic E-state index is 12.5. The number of likely N-dealkylation sites (N-methyl/N-ethyl adjacent to an activating group) is 1. The Morgan fingerprint density at radius 1 is 1.12 bits per heavy atom. The minimum Gasteiger partial charge on any atom is -0.348 e. The molecular weight excluding hydrogens is 328 g/mol. The van der Waals surface area contributed by atoms with Crippen molar-refractivity contribution in [1.29, 1.82) is 0 Å². The average Bonchev–Trinajstić information content (AvgIpc) is 2.65. The first-order chi connectivity index (χ1) is 12.6. The topological polar surface area (TPSA) is 68.4 Å². The van der Waals surface area contributed by atoms with Crippen LogP contribution in [0.1, 0.15) is 11.6 Å². The van der Waals surface area contributed by atoms with E-state index in [0.29, 0.717) is 17.4 Å². The van der Waals surface area contributed by atoms with Crippen molar-refractivity contribution in [2.45, 2.75) is 12.6 Å². The summed E-state index contributed by atoms with van der Waals surface area (Å²) in [6.45, 7) is 0.460. The molecule has 1 heterocycles. The number of para-hydroxylation sites is 1. The molecule has 3 rings (SSSR count). The summed E-state index contributed by atoms with van der Waals surface area (Å²) < 4.78 is 1.34. The summed E-state index contributed by atoms with van der Waals surface area (Å²) in [5.74, 6) is -0.202. The fourth-order valence-corrected chi connectivity index (χ4v) is 2.99. The second kappa shape index (κ2) is 7.93. The molecule has 0 fully saturated rings. The number of nitrogens with zero attached hydrogens (tertiary/aromatic N) is 2. The number of benzene rings is 2. The molecule has 0 unspecified atom stereocenters. The van der Waals surface area contributed by atoms with Gasteiger partial charge in [-0.3, -0.25) is 14.2 Å². The highest BCUT2D eigenvalue weighted by atomic mass is 16.2. The number of carbonyl (C=O) groups excluding carboxylic acids is 1. The van der Waals surface area contributed by atoms with Crippen LogP contribution in [0.25, 0.3) is 10.9 Å². The molecule has 2 N–H and O–H groups in total. The molecule has 0 aliphatic heterocycles. The second-order valence-corrected chi connectivity index (χ2v) is 6.54. The standard InChI is InChI=1S/C20H22N4O2/c1-23(2)18(15-8-4-3-5-9-15)12-21-19(25)13-24-14-22-17-11-7-6-10-16(17)20(24)26/h3-11,14,18H,12-13H2,1-2H3,(H,21,25)/p+1/t18-/m0/s1. The molecule has 0 saturated carbocycles. The number of nitrogens with one attached hydrogen (secondary N) is 2. The number of carbonyl (C=O) groups is 1. The first-order valence-electron chi connectivity index (χ1n) is 8.62. The summed E-state index contributed by atoms with van der Waals surface area (Å²) in [6, 6.07) is 17.4. The number of rotatable bonds is 6. The lowest BCUT2D eigenvalue weighted by Crippen LogP contribution is -3.07. The highest BCUT2D eigenvalue weighted by Gasteiger charge is 2.18. The minimum atomic E-state index is -0.205. The summed E-state index contributed by atoms with van der Waals surface area (Å²) in [4.78, 5) is 30.3. The van der Waals surface area contributed by atoms with Crippen LogP contribution in [-0.4, -0.2) is 36.1 Å². The van der Waals surface area contributed by atoms with Crippen molar-refractivity contribution in [3.63, 3.8) is 0 Å². The largest absolute Gasteiger partial charge is 0.348 e. The minimum absolute atomic E-state index is 0.0407. The van der Waals surface area contributed by atoms with Crippen LogP contribution in [0.2, 0.25) is 0 Å². The number of amides is 1. The molecule has 0 aliphatic rings. The van der Waals surface area contributed by atoms with Gasteiger partial charge in [0.2, 0.25) is 5.91 Å². The summed E-state index contributed by atoms with van der Waals surface area (Å²) >= 11 is 0. The lowest BCUT2D eigenvalue weighted by Gasteiger charge is -2.22. The van der Waals surface area contributed by atoms with Crippen LogP contribution in [-0.2, 0) is 11.3 Å². The monoisotopic (exact) mass is 351 g/mol. The quantitative estimate of drug-likeness (QED) is 0.675. The lowest BCUT2D eigenvalue weighted by molar-refractivity contribution is -0.890. The van der Waals surface area contributed by atoms with E-state index in [1.165, 1.54) is 15.8 Å². The van der Waals surface area contributed by atoms with E-state index >= 15 is 0 Å². The molecule has 6 nitrogen and oxygen atoms in total. The molecule has 1 aromatic heterocycles. The van der Waals surface area contributed by atoms with Gasteiger partial charge in [-0.15, -0.1) is 0 Å². The molecular formula is C20H23N4O2+. The Bertz CT molecular complexity index is 951. The number of quaternary nitrogens is 1. The zero-order valence-corrected chi connectivity index (χ0v) is 15.0. The zero-order valence-electron chi connectivity index (χ0n) is 15.0. The third-order valence-corrected chi connectivity index (χ3v) is 4.45. The van der Waals surface area contributed by atoms with Gasteiger partial charge in [-0.1, -0.05) is 42.5 Å². The van der Waals surface area contributed by atoms with Gasteiger partial charge in [-0.25, -0.2) is 4.98 Å². The van der Waals surface area contributed by atoms with E-state index < -0.39 is 0 Å². The predicted molar refractivity (Wildman–Crippen MR) is 101 cm³/mol. The molecule has 134 valence electrons. The van der Waals surface area contributed by atoms with Crippen molar-refractivity contribution in [3.05, 3.63) is 76.8 Å². The maximum Gasteiger partial charge on any atom is 0.261 e. The zero-order chi connectivity index (χ0) is 18.5. The summed E-state index contributed by atoms with van der Waals surface area (Å²) in [7, 11) is 4.11. The van der Waals surface area contributed by atoms with Gasteiger partial charge in [0.15, 0.2) is 0 Å². The lowest BCUT2D eigenvalue weighted by atomic mass is 10.1. The van der Waals surface area contributed by atoms with Gasteiger partial charge in [0, 0.05) is 5.56 Å². The van der Waals surface area contributed by atoms with E-state index in [1.807, 2.05) is 24.3 Å². The molecule has 0 radical (unpaired) electrons. The van der Waals surface area contributed by atoms with E-state index in [9.17, 15) is 9.59 Å². The molecule has 2 aromatic carbocycles. The van der Waals surface area contributed by atoms with Crippen molar-refractivity contribution < 1.29 is 9.69 Å². The number of hydrogen-bond acceptors (Lipinski definition) is 3. The third kappa shape index (κ3) is 3.97. The Labute approximate surface area is 152 Å². The van der Waals surface area contributed by atoms with Crippen molar-refractivity contribution in [2.24, 2.45) is 0 Å². The summed E-state index contributed by atoms with van der Waals surface area (Å²) in [5, 5.41) is 3.46. The van der Waals surface area contributed by atoms with Crippen LogP contribution in [0, 0.1) is 0 Å². The fourth-order valence-electron chi connectivity index (χ4n) is 2.99. The highest BCUT2D eigenvalue weighted by Crippen LogP contribution is 2.08. The van der Waals surface area contributed by atoms with Crippen molar-refractivity contribution in [3.8, 4) is 0 Å². The number of aromatic nitrogens is 2. The molecule has 0 spiro atoms. The molecule has 0 aliphatic carbocycles. The Kier molecular flexibility index (Phi) is 5.43. The van der Waals surface area contributed by atoms with Gasteiger partial charge in [0.25, 0.3) is 5.56 Å². The van der Waals surface area contributed by atoms with E-state index in [2.05, 4.69) is 36.5 Å². The van der Waals surface area contributed by atoms with Crippen LogP contribution >= 0.6 is 0 Å². The molecule has 1 amide bonds. The smallest absolute Gasteiger partial charge is 0.261 e. The van der Waals surface area contributed by atoms with E-state index in [1.54, 1.807) is 18.2 Å². The van der Waals surface area contributed by atoms with Crippen LogP contribution < -0.4 is 15.8 Å². The van der Waals surface area contributed by atoms with E-state index in [-0.39, 0.29) is 24.1 Å². The predicted octanol–water partition coefficient (Wildman–Crippen LogP) is 0.399. The number of hydrogen-bond donors (Lipinski definition) is 2. The van der Waals surface area contributed by atoms with Crippen molar-refractivity contribution >= 4 is 16.8 Å². The van der Waals surface area contributed by atoms with Gasteiger partial charge in [-0.2, -0.15) is 0 Å². The van der Waals surface area contributed by atoms with Gasteiger partial charge >= 0.3 is 0 Å². The number of fused-ring (bicyclic) bond motifs is 1. The molecule has 3 aromatic rings. The van der Waals surface area contributed by atoms with Gasteiger partial charge in [0.05, 0.1) is 37.9 Å². The summed E-state index contributed by atoms with van der Waals surface area (Å²) in [5.41, 5.74) is 1.59. The van der Waals surface area contributed by atoms with Crippen LogP contribution in [0.4, 0.5) is 0 Å². The Morgan fingerprint density at radius 3 is 2.54 bits per heavy atom. The molecule has 6 heteroatoms. The van der Waals surface area contributed by atoms with Crippen LogP contribution in [0.3, 0.4) is 0 Å². The molecule has 0 bridgehead atoms. The Hall–Kier alpha value is -2.99. The van der Waals surface area contributed by atoms with Gasteiger partial charge < -0.3 is 10.2 Å². The summed E-state index contributed by atoms with van der Waals surface area (Å²) in [6.07, 6.45) is 1.43. The maximum atomic E-state index is 12.5. The van der Waals surface area contributed by atoms with E-state index in [0.717, 1.165) is 5.56 Å². The molecule has 0 saturated heterocycles. The first-order valence-corrected chi connectivity index (χ1v) is 8.62. The fraction of sp³-hybridized carbons (Fsp3) is 0.250. The van der Waals surface area contributed by atoms with Crippen LogP contribution in [0.15, 0.2) is 65.7 Å². The van der Waals surface area contributed by atoms with Crippen molar-refractivity contribution in [1.82, 2.24) is 14.9 Å². The third-order valence-electron chi connectivity index (χ3n) is 4.45. The van der Waals surface area contributed by atoms with Crippen LogP contribution in [0.5, 0.6) is 0 Å². The first kappa shape index (κ1) is 17.8. The highest BCUT2D eigenvalue weighted by molar-refractivity contribution is 5.78. The average molecular weight is 351 g/mol. The second-order valence-electron chi connectivity index (χ2n) is 6.54.